The van der Waals surface area contributed by atoms with Gasteiger partial charge < -0.3 is 5.32 Å². The van der Waals surface area contributed by atoms with Crippen molar-refractivity contribution in [1.29, 1.82) is 0 Å². The molecule has 2 heterocycles. The molecule has 86 valence electrons. The molecule has 6 heteroatoms. The van der Waals surface area contributed by atoms with Crippen molar-refractivity contribution in [3.8, 4) is 0 Å². The van der Waals surface area contributed by atoms with Crippen LogP contribution in [0.2, 0.25) is 0 Å². The fraction of sp³-hybridized carbons (Fsp3) is 0.600. The van der Waals surface area contributed by atoms with E-state index in [0.717, 1.165) is 12.1 Å². The molecule has 0 saturated carbocycles. The van der Waals surface area contributed by atoms with Crippen molar-refractivity contribution in [2.24, 2.45) is 5.92 Å². The molecule has 0 aliphatic heterocycles. The Morgan fingerprint density at radius 2 is 2.19 bits per heavy atom. The summed E-state index contributed by atoms with van der Waals surface area (Å²) in [4.78, 5) is 0. The summed E-state index contributed by atoms with van der Waals surface area (Å²) in [5, 5.41) is 18.8. The van der Waals surface area contributed by atoms with Gasteiger partial charge in [0.25, 0.3) is 0 Å². The molecule has 2 rings (SSSR count). The Hall–Kier alpha value is -1.56. The van der Waals surface area contributed by atoms with Gasteiger partial charge in [-0.25, -0.2) is 0 Å². The third-order valence-corrected chi connectivity index (χ3v) is 2.73. The maximum Gasteiger partial charge on any atom is 0.199 e. The van der Waals surface area contributed by atoms with E-state index in [1.807, 2.05) is 19.2 Å². The number of hydrogen-bond acceptors (Lipinski definition) is 5. The van der Waals surface area contributed by atoms with Crippen molar-refractivity contribution in [3.63, 3.8) is 0 Å². The quantitative estimate of drug-likeness (QED) is 0.803. The Balaban J connectivity index is 2.19. The largest absolute Gasteiger partial charge is 0.316 e. The second-order valence-corrected chi connectivity index (χ2v) is 4.19. The van der Waals surface area contributed by atoms with Gasteiger partial charge in [0.1, 0.15) is 0 Å². The predicted octanol–water partition coefficient (Wildman–Crippen LogP) is 0.306. The lowest BCUT2D eigenvalue weighted by atomic mass is 9.99. The topological polar surface area (TPSA) is 68.0 Å². The SMILES string of the molecule is CNC(Cc1ccc2nnnn2n1)C(C)C. The van der Waals surface area contributed by atoms with E-state index in [-0.39, 0.29) is 0 Å². The number of tetrazole rings is 1. The number of nitrogens with zero attached hydrogens (tertiary/aromatic N) is 5. The highest BCUT2D eigenvalue weighted by Gasteiger charge is 2.13. The van der Waals surface area contributed by atoms with Gasteiger partial charge in [-0.1, -0.05) is 13.8 Å². The van der Waals surface area contributed by atoms with Crippen molar-refractivity contribution >= 4 is 5.65 Å². The van der Waals surface area contributed by atoms with Crippen molar-refractivity contribution < 1.29 is 0 Å². The number of aromatic nitrogens is 5. The summed E-state index contributed by atoms with van der Waals surface area (Å²) in [5.74, 6) is 0.566. The summed E-state index contributed by atoms with van der Waals surface area (Å²) in [5.41, 5.74) is 1.67. The van der Waals surface area contributed by atoms with E-state index in [1.165, 1.54) is 4.63 Å². The van der Waals surface area contributed by atoms with Gasteiger partial charge in [-0.3, -0.25) is 0 Å². The van der Waals surface area contributed by atoms with Crippen LogP contribution in [-0.2, 0) is 6.42 Å². The van der Waals surface area contributed by atoms with E-state index < -0.39 is 0 Å². The van der Waals surface area contributed by atoms with E-state index in [1.54, 1.807) is 0 Å². The molecule has 0 fully saturated rings. The summed E-state index contributed by atoms with van der Waals surface area (Å²) >= 11 is 0. The Labute approximate surface area is 94.0 Å². The first-order valence-corrected chi connectivity index (χ1v) is 5.42. The Kier molecular flexibility index (Phi) is 3.09. The summed E-state index contributed by atoms with van der Waals surface area (Å²) in [6.07, 6.45) is 0.879. The smallest absolute Gasteiger partial charge is 0.199 e. The normalized spacial score (nSPS) is 13.5. The Bertz CT molecular complexity index is 463. The van der Waals surface area contributed by atoms with Gasteiger partial charge in [-0.2, -0.15) is 5.10 Å². The monoisotopic (exact) mass is 220 g/mol. The molecular formula is C10H16N6. The maximum absolute atomic E-state index is 4.35. The summed E-state index contributed by atoms with van der Waals surface area (Å²) in [6, 6.07) is 4.27. The van der Waals surface area contributed by atoms with Crippen molar-refractivity contribution in [3.05, 3.63) is 17.8 Å². The molecule has 1 atom stereocenters. The van der Waals surface area contributed by atoms with E-state index in [9.17, 15) is 0 Å². The highest BCUT2D eigenvalue weighted by Crippen LogP contribution is 2.08. The molecule has 1 unspecified atom stereocenters. The minimum absolute atomic E-state index is 0.418. The molecule has 0 amide bonds. The highest BCUT2D eigenvalue weighted by molar-refractivity contribution is 5.33. The molecule has 6 nitrogen and oxygen atoms in total. The fourth-order valence-corrected chi connectivity index (χ4v) is 1.69. The molecule has 0 aromatic carbocycles. The second kappa shape index (κ2) is 4.52. The van der Waals surface area contributed by atoms with E-state index in [0.29, 0.717) is 17.6 Å². The van der Waals surface area contributed by atoms with E-state index in [4.69, 9.17) is 0 Å². The van der Waals surface area contributed by atoms with Gasteiger partial charge in [0.15, 0.2) is 5.65 Å². The van der Waals surface area contributed by atoms with Gasteiger partial charge in [-0.05, 0) is 35.5 Å². The predicted molar refractivity (Wildman–Crippen MR) is 60.0 cm³/mol. The first-order valence-electron chi connectivity index (χ1n) is 5.42. The van der Waals surface area contributed by atoms with E-state index in [2.05, 4.69) is 39.8 Å². The van der Waals surface area contributed by atoms with Crippen LogP contribution in [0.1, 0.15) is 19.5 Å². The summed E-state index contributed by atoms with van der Waals surface area (Å²) in [7, 11) is 1.97. The number of hydrogen-bond donors (Lipinski definition) is 1. The third kappa shape index (κ3) is 2.16. The number of fused-ring (bicyclic) bond motifs is 1. The zero-order valence-corrected chi connectivity index (χ0v) is 9.75. The van der Waals surface area contributed by atoms with Crippen LogP contribution in [0.3, 0.4) is 0 Å². The number of nitrogens with one attached hydrogen (secondary N) is 1. The minimum Gasteiger partial charge on any atom is -0.316 e. The molecule has 0 aliphatic rings. The van der Waals surface area contributed by atoms with Crippen LogP contribution in [0, 0.1) is 5.92 Å². The third-order valence-electron chi connectivity index (χ3n) is 2.73. The molecule has 2 aromatic rings. The van der Waals surface area contributed by atoms with Crippen molar-refractivity contribution in [1.82, 2.24) is 30.6 Å². The molecule has 0 spiro atoms. The van der Waals surface area contributed by atoms with E-state index >= 15 is 0 Å². The van der Waals surface area contributed by atoms with Crippen LogP contribution in [0.5, 0.6) is 0 Å². The molecule has 0 aliphatic carbocycles. The van der Waals surface area contributed by atoms with Gasteiger partial charge in [0, 0.05) is 12.5 Å². The molecule has 0 saturated heterocycles. The lowest BCUT2D eigenvalue weighted by Gasteiger charge is -2.19. The van der Waals surface area contributed by atoms with Crippen LogP contribution >= 0.6 is 0 Å². The van der Waals surface area contributed by atoms with Gasteiger partial charge in [-0.15, -0.1) is 9.73 Å². The van der Waals surface area contributed by atoms with Crippen molar-refractivity contribution in [2.45, 2.75) is 26.3 Å². The van der Waals surface area contributed by atoms with Gasteiger partial charge >= 0.3 is 0 Å². The fourth-order valence-electron chi connectivity index (χ4n) is 1.69. The molecule has 16 heavy (non-hydrogen) atoms. The maximum atomic E-state index is 4.35. The molecule has 0 radical (unpaired) electrons. The first kappa shape index (κ1) is 10.9. The summed E-state index contributed by atoms with van der Waals surface area (Å²) < 4.78 is 1.46. The standard InChI is InChI=1S/C10H16N6/c1-7(2)9(11-3)6-8-4-5-10-12-14-15-16(10)13-8/h4-5,7,9,11H,6H2,1-3H3. The zero-order chi connectivity index (χ0) is 11.5. The Morgan fingerprint density at radius 3 is 2.88 bits per heavy atom. The molecule has 0 bridgehead atoms. The Morgan fingerprint density at radius 1 is 1.38 bits per heavy atom. The van der Waals surface area contributed by atoms with Crippen LogP contribution in [0.15, 0.2) is 12.1 Å². The van der Waals surface area contributed by atoms with Gasteiger partial charge in [0.2, 0.25) is 0 Å². The average Bonchev–Trinajstić information content (AvgIpc) is 2.72. The first-order chi connectivity index (χ1) is 7.70. The number of likely N-dealkylation sites (N-methyl/N-ethyl adjacent to an activating group) is 1. The van der Waals surface area contributed by atoms with Crippen LogP contribution in [-0.4, -0.2) is 38.3 Å². The van der Waals surface area contributed by atoms with Gasteiger partial charge in [0.05, 0.1) is 5.69 Å². The highest BCUT2D eigenvalue weighted by atomic mass is 15.6. The number of rotatable bonds is 4. The lowest BCUT2D eigenvalue weighted by molar-refractivity contribution is 0.419. The minimum atomic E-state index is 0.418. The van der Waals surface area contributed by atoms with Crippen LogP contribution in [0.4, 0.5) is 0 Å². The molecule has 1 N–H and O–H groups in total. The average molecular weight is 220 g/mol. The van der Waals surface area contributed by atoms with Crippen molar-refractivity contribution in [2.75, 3.05) is 7.05 Å². The molecular weight excluding hydrogens is 204 g/mol. The van der Waals surface area contributed by atoms with Crippen LogP contribution in [0.25, 0.3) is 5.65 Å². The molecule has 2 aromatic heterocycles. The second-order valence-electron chi connectivity index (χ2n) is 4.19. The zero-order valence-electron chi connectivity index (χ0n) is 9.75. The van der Waals surface area contributed by atoms with Crippen LogP contribution < -0.4 is 5.32 Å². The lowest BCUT2D eigenvalue weighted by Crippen LogP contribution is -2.33. The summed E-state index contributed by atoms with van der Waals surface area (Å²) in [6.45, 7) is 4.38.